The zero-order valence-corrected chi connectivity index (χ0v) is 13.5. The summed E-state index contributed by atoms with van der Waals surface area (Å²) in [5, 5.41) is 8.87. The van der Waals surface area contributed by atoms with Crippen molar-refractivity contribution in [3.8, 4) is 6.07 Å². The predicted octanol–water partition coefficient (Wildman–Crippen LogP) is 4.67. The van der Waals surface area contributed by atoms with E-state index in [-0.39, 0.29) is 5.54 Å². The maximum absolute atomic E-state index is 8.87. The first kappa shape index (κ1) is 14.4. The Labute approximate surface area is 124 Å². The van der Waals surface area contributed by atoms with Crippen molar-refractivity contribution in [1.29, 1.82) is 5.26 Å². The third-order valence-corrected chi connectivity index (χ3v) is 5.00. The molecule has 0 amide bonds. The van der Waals surface area contributed by atoms with E-state index >= 15 is 0 Å². The Morgan fingerprint density at radius 3 is 2.79 bits per heavy atom. The van der Waals surface area contributed by atoms with Gasteiger partial charge in [0, 0.05) is 28.7 Å². The standard InChI is InChI=1S/C16H21BrN2/c1-12-10-14(4-5-15(12)17)19-9-7-13(6-8-18)11-16(19,2)3/h4-5,10,13H,6-7,9,11H2,1-3H3. The molecule has 3 heteroatoms. The van der Waals surface area contributed by atoms with E-state index in [0.717, 1.165) is 23.9 Å². The number of nitrogens with zero attached hydrogens (tertiary/aromatic N) is 2. The van der Waals surface area contributed by atoms with Crippen LogP contribution in [0, 0.1) is 24.2 Å². The van der Waals surface area contributed by atoms with Gasteiger partial charge in [-0.15, -0.1) is 0 Å². The van der Waals surface area contributed by atoms with Gasteiger partial charge in [-0.2, -0.15) is 5.26 Å². The van der Waals surface area contributed by atoms with Crippen LogP contribution in [0.25, 0.3) is 0 Å². The van der Waals surface area contributed by atoms with Crippen molar-refractivity contribution in [3.05, 3.63) is 28.2 Å². The first-order chi connectivity index (χ1) is 8.94. The maximum Gasteiger partial charge on any atom is 0.0624 e. The van der Waals surface area contributed by atoms with E-state index in [0.29, 0.717) is 12.3 Å². The summed E-state index contributed by atoms with van der Waals surface area (Å²) in [6.07, 6.45) is 2.90. The van der Waals surface area contributed by atoms with Gasteiger partial charge in [-0.05, 0) is 63.3 Å². The van der Waals surface area contributed by atoms with Crippen molar-refractivity contribution in [2.24, 2.45) is 5.92 Å². The van der Waals surface area contributed by atoms with E-state index in [1.54, 1.807) is 0 Å². The summed E-state index contributed by atoms with van der Waals surface area (Å²) in [6, 6.07) is 8.88. The fraction of sp³-hybridized carbons (Fsp3) is 0.562. The lowest BCUT2D eigenvalue weighted by atomic mass is 9.81. The molecular formula is C16H21BrN2. The highest BCUT2D eigenvalue weighted by Crippen LogP contribution is 2.37. The molecule has 2 nitrogen and oxygen atoms in total. The summed E-state index contributed by atoms with van der Waals surface area (Å²) >= 11 is 3.56. The monoisotopic (exact) mass is 320 g/mol. The molecule has 0 radical (unpaired) electrons. The number of nitriles is 1. The Morgan fingerprint density at radius 1 is 1.47 bits per heavy atom. The number of benzene rings is 1. The molecule has 1 saturated heterocycles. The van der Waals surface area contributed by atoms with Crippen molar-refractivity contribution in [3.63, 3.8) is 0 Å². The Balaban J connectivity index is 2.21. The van der Waals surface area contributed by atoms with Crippen molar-refractivity contribution in [2.75, 3.05) is 11.4 Å². The van der Waals surface area contributed by atoms with Gasteiger partial charge in [-0.1, -0.05) is 15.9 Å². The SMILES string of the molecule is Cc1cc(N2CCC(CC#N)CC2(C)C)ccc1Br. The molecule has 1 atom stereocenters. The van der Waals surface area contributed by atoms with Crippen LogP contribution < -0.4 is 4.90 Å². The summed E-state index contributed by atoms with van der Waals surface area (Å²) in [7, 11) is 0. The average molecular weight is 321 g/mol. The highest BCUT2D eigenvalue weighted by atomic mass is 79.9. The van der Waals surface area contributed by atoms with Gasteiger partial charge in [-0.3, -0.25) is 0 Å². The molecule has 0 bridgehead atoms. The number of piperidine rings is 1. The molecule has 0 saturated carbocycles. The minimum atomic E-state index is 0.125. The molecule has 19 heavy (non-hydrogen) atoms. The van der Waals surface area contributed by atoms with E-state index in [1.807, 2.05) is 0 Å². The summed E-state index contributed by atoms with van der Waals surface area (Å²) in [6.45, 7) is 7.74. The quantitative estimate of drug-likeness (QED) is 0.792. The second kappa shape index (κ2) is 5.54. The smallest absolute Gasteiger partial charge is 0.0624 e. The van der Waals surface area contributed by atoms with Gasteiger partial charge in [0.15, 0.2) is 0 Å². The number of hydrogen-bond acceptors (Lipinski definition) is 2. The van der Waals surface area contributed by atoms with E-state index in [1.165, 1.54) is 11.3 Å². The zero-order valence-electron chi connectivity index (χ0n) is 11.9. The highest BCUT2D eigenvalue weighted by Gasteiger charge is 2.34. The molecule has 1 aliphatic heterocycles. The minimum absolute atomic E-state index is 0.125. The van der Waals surface area contributed by atoms with Gasteiger partial charge in [0.2, 0.25) is 0 Å². The number of rotatable bonds is 2. The van der Waals surface area contributed by atoms with Crippen LogP contribution >= 0.6 is 15.9 Å². The van der Waals surface area contributed by atoms with Gasteiger partial charge >= 0.3 is 0 Å². The van der Waals surface area contributed by atoms with Crippen LogP contribution in [0.3, 0.4) is 0 Å². The van der Waals surface area contributed by atoms with Crippen molar-refractivity contribution >= 4 is 21.6 Å². The molecule has 1 aromatic carbocycles. The topological polar surface area (TPSA) is 27.0 Å². The molecule has 0 aliphatic carbocycles. The largest absolute Gasteiger partial charge is 0.366 e. The second-order valence-electron chi connectivity index (χ2n) is 6.12. The third-order valence-electron chi connectivity index (χ3n) is 4.11. The summed E-state index contributed by atoms with van der Waals surface area (Å²) in [5.41, 5.74) is 2.69. The normalized spacial score (nSPS) is 22.1. The molecule has 0 N–H and O–H groups in total. The molecule has 0 spiro atoms. The molecule has 1 fully saturated rings. The Bertz CT molecular complexity index is 502. The lowest BCUT2D eigenvalue weighted by molar-refractivity contribution is 0.277. The van der Waals surface area contributed by atoms with Crippen LogP contribution in [0.2, 0.25) is 0 Å². The van der Waals surface area contributed by atoms with Crippen LogP contribution in [0.1, 0.15) is 38.7 Å². The van der Waals surface area contributed by atoms with Gasteiger partial charge < -0.3 is 4.90 Å². The predicted molar refractivity (Wildman–Crippen MR) is 83.3 cm³/mol. The van der Waals surface area contributed by atoms with E-state index < -0.39 is 0 Å². The Morgan fingerprint density at radius 2 is 2.21 bits per heavy atom. The van der Waals surface area contributed by atoms with Crippen LogP contribution in [0.15, 0.2) is 22.7 Å². The maximum atomic E-state index is 8.87. The molecule has 1 aliphatic rings. The van der Waals surface area contributed by atoms with Crippen molar-refractivity contribution in [1.82, 2.24) is 0 Å². The lowest BCUT2D eigenvalue weighted by Gasteiger charge is -2.47. The minimum Gasteiger partial charge on any atom is -0.366 e. The fourth-order valence-electron chi connectivity index (χ4n) is 3.11. The van der Waals surface area contributed by atoms with Crippen LogP contribution in [-0.2, 0) is 0 Å². The van der Waals surface area contributed by atoms with Gasteiger partial charge in [0.25, 0.3) is 0 Å². The van der Waals surface area contributed by atoms with Crippen molar-refractivity contribution < 1.29 is 0 Å². The van der Waals surface area contributed by atoms with Crippen LogP contribution in [0.4, 0.5) is 5.69 Å². The molecule has 102 valence electrons. The summed E-state index contributed by atoms with van der Waals surface area (Å²) < 4.78 is 1.16. The summed E-state index contributed by atoms with van der Waals surface area (Å²) in [4.78, 5) is 2.49. The first-order valence-corrected chi connectivity index (χ1v) is 7.64. The number of halogens is 1. The van der Waals surface area contributed by atoms with E-state index in [4.69, 9.17) is 5.26 Å². The summed E-state index contributed by atoms with van der Waals surface area (Å²) in [5.74, 6) is 0.549. The van der Waals surface area contributed by atoms with E-state index in [2.05, 4.69) is 65.9 Å². The molecule has 2 rings (SSSR count). The van der Waals surface area contributed by atoms with Crippen LogP contribution in [-0.4, -0.2) is 12.1 Å². The Kier molecular flexibility index (Phi) is 4.20. The first-order valence-electron chi connectivity index (χ1n) is 6.85. The number of hydrogen-bond donors (Lipinski definition) is 0. The Hall–Kier alpha value is -1.01. The van der Waals surface area contributed by atoms with Crippen LogP contribution in [0.5, 0.6) is 0 Å². The highest BCUT2D eigenvalue weighted by molar-refractivity contribution is 9.10. The second-order valence-corrected chi connectivity index (χ2v) is 6.97. The van der Waals surface area contributed by atoms with Gasteiger partial charge in [-0.25, -0.2) is 0 Å². The molecular weight excluding hydrogens is 300 g/mol. The fourth-order valence-corrected chi connectivity index (χ4v) is 3.36. The van der Waals surface area contributed by atoms with E-state index in [9.17, 15) is 0 Å². The van der Waals surface area contributed by atoms with Crippen molar-refractivity contribution in [2.45, 2.75) is 45.6 Å². The lowest BCUT2D eigenvalue weighted by Crippen LogP contribution is -2.50. The average Bonchev–Trinajstić information content (AvgIpc) is 2.32. The molecule has 0 aromatic heterocycles. The van der Waals surface area contributed by atoms with Gasteiger partial charge in [0.1, 0.15) is 0 Å². The van der Waals surface area contributed by atoms with Gasteiger partial charge in [0.05, 0.1) is 6.07 Å². The molecule has 1 aromatic rings. The zero-order chi connectivity index (χ0) is 14.0. The molecule has 1 heterocycles. The molecule has 1 unspecified atom stereocenters. The third kappa shape index (κ3) is 3.12. The number of aryl methyl sites for hydroxylation is 1. The number of anilines is 1.